The van der Waals surface area contributed by atoms with Crippen LogP contribution in [0.3, 0.4) is 0 Å². The summed E-state index contributed by atoms with van der Waals surface area (Å²) in [6.07, 6.45) is 2.93. The van der Waals surface area contributed by atoms with E-state index in [2.05, 4.69) is 38.1 Å². The number of Topliss-reactive ketones (excluding diaryl/α,β-unsaturated/α-hetero) is 1. The molecule has 80 valence electrons. The zero-order valence-corrected chi connectivity index (χ0v) is 9.49. The van der Waals surface area contributed by atoms with Crippen LogP contribution in [0.5, 0.6) is 0 Å². The van der Waals surface area contributed by atoms with E-state index in [0.717, 1.165) is 19.3 Å². The largest absolute Gasteiger partial charge is 0.299 e. The molecule has 0 bridgehead atoms. The van der Waals surface area contributed by atoms with Crippen molar-refractivity contribution in [2.75, 3.05) is 0 Å². The summed E-state index contributed by atoms with van der Waals surface area (Å²) < 4.78 is 0. The predicted molar refractivity (Wildman–Crippen MR) is 61.8 cm³/mol. The second kappa shape index (κ2) is 4.18. The first-order valence-electron chi connectivity index (χ1n) is 5.75. The van der Waals surface area contributed by atoms with E-state index in [1.807, 2.05) is 0 Å². The van der Waals surface area contributed by atoms with Crippen LogP contribution in [0.25, 0.3) is 0 Å². The van der Waals surface area contributed by atoms with Crippen molar-refractivity contribution >= 4 is 5.78 Å². The van der Waals surface area contributed by atoms with Crippen molar-refractivity contribution in [3.05, 3.63) is 35.4 Å². The molecule has 0 aromatic heterocycles. The Labute approximate surface area is 91.5 Å². The maximum Gasteiger partial charge on any atom is 0.135 e. The van der Waals surface area contributed by atoms with Gasteiger partial charge in [-0.25, -0.2) is 0 Å². The van der Waals surface area contributed by atoms with E-state index in [-0.39, 0.29) is 5.92 Å². The monoisotopic (exact) mass is 202 g/mol. The van der Waals surface area contributed by atoms with Gasteiger partial charge in [0.1, 0.15) is 5.78 Å². The molecule has 0 saturated heterocycles. The number of carbonyl (C=O) groups is 1. The van der Waals surface area contributed by atoms with Crippen molar-refractivity contribution in [3.63, 3.8) is 0 Å². The van der Waals surface area contributed by atoms with Crippen LogP contribution in [-0.4, -0.2) is 5.78 Å². The van der Waals surface area contributed by atoms with Crippen LogP contribution in [-0.2, 0) is 11.2 Å². The zero-order chi connectivity index (χ0) is 10.8. The Morgan fingerprint density at radius 1 is 1.27 bits per heavy atom. The van der Waals surface area contributed by atoms with E-state index in [1.165, 1.54) is 11.1 Å². The van der Waals surface area contributed by atoms with Gasteiger partial charge in [0.15, 0.2) is 0 Å². The molecule has 2 atom stereocenters. The highest BCUT2D eigenvalue weighted by atomic mass is 16.1. The number of hydrogen-bond acceptors (Lipinski definition) is 1. The fourth-order valence-corrected chi connectivity index (χ4v) is 2.37. The predicted octanol–water partition coefficient (Wildman–Crippen LogP) is 3.15. The first kappa shape index (κ1) is 10.4. The molecule has 0 N–H and O–H groups in total. The maximum absolute atomic E-state index is 11.4. The SMILES string of the molecule is Cc1ccc(CC2CCC(=O)C2C)cc1. The van der Waals surface area contributed by atoms with Gasteiger partial charge in [-0.3, -0.25) is 4.79 Å². The first-order valence-corrected chi connectivity index (χ1v) is 5.75. The summed E-state index contributed by atoms with van der Waals surface area (Å²) in [5, 5.41) is 0. The lowest BCUT2D eigenvalue weighted by Gasteiger charge is -2.13. The third-order valence-electron chi connectivity index (χ3n) is 3.59. The van der Waals surface area contributed by atoms with Crippen molar-refractivity contribution in [2.24, 2.45) is 11.8 Å². The van der Waals surface area contributed by atoms with Gasteiger partial charge in [0, 0.05) is 12.3 Å². The lowest BCUT2D eigenvalue weighted by atomic mass is 9.90. The molecule has 1 heteroatoms. The second-order valence-corrected chi connectivity index (χ2v) is 4.74. The molecule has 1 fully saturated rings. The Morgan fingerprint density at radius 3 is 2.47 bits per heavy atom. The van der Waals surface area contributed by atoms with Crippen LogP contribution in [0, 0.1) is 18.8 Å². The van der Waals surface area contributed by atoms with Gasteiger partial charge in [0.25, 0.3) is 0 Å². The molecule has 0 heterocycles. The molecule has 0 aliphatic heterocycles. The molecule has 1 aromatic carbocycles. The smallest absolute Gasteiger partial charge is 0.135 e. The van der Waals surface area contributed by atoms with E-state index in [9.17, 15) is 4.79 Å². The Kier molecular flexibility index (Phi) is 2.90. The lowest BCUT2D eigenvalue weighted by molar-refractivity contribution is -0.120. The molecule has 15 heavy (non-hydrogen) atoms. The quantitative estimate of drug-likeness (QED) is 0.720. The molecule has 1 aromatic rings. The standard InChI is InChI=1S/C14H18O/c1-10-3-5-12(6-4-10)9-13-7-8-14(15)11(13)2/h3-6,11,13H,7-9H2,1-2H3. The highest BCUT2D eigenvalue weighted by Crippen LogP contribution is 2.31. The van der Waals surface area contributed by atoms with Crippen molar-refractivity contribution < 1.29 is 4.79 Å². The summed E-state index contributed by atoms with van der Waals surface area (Å²) in [6.45, 7) is 4.18. The van der Waals surface area contributed by atoms with Gasteiger partial charge in [-0.1, -0.05) is 36.8 Å². The summed E-state index contributed by atoms with van der Waals surface area (Å²) in [6, 6.07) is 8.67. The molecule has 1 saturated carbocycles. The fourth-order valence-electron chi connectivity index (χ4n) is 2.37. The van der Waals surface area contributed by atoms with Gasteiger partial charge in [-0.15, -0.1) is 0 Å². The average Bonchev–Trinajstić information content (AvgIpc) is 2.53. The van der Waals surface area contributed by atoms with Gasteiger partial charge < -0.3 is 0 Å². The number of benzene rings is 1. The normalized spacial score (nSPS) is 25.9. The number of carbonyl (C=O) groups excluding carboxylic acids is 1. The van der Waals surface area contributed by atoms with Crippen LogP contribution < -0.4 is 0 Å². The molecule has 0 radical (unpaired) electrons. The first-order chi connectivity index (χ1) is 7.16. The molecular weight excluding hydrogens is 184 g/mol. The Bertz CT molecular complexity index is 350. The molecule has 2 unspecified atom stereocenters. The maximum atomic E-state index is 11.4. The Balaban J connectivity index is 2.03. The summed E-state index contributed by atoms with van der Waals surface area (Å²) in [4.78, 5) is 11.4. The number of ketones is 1. The van der Waals surface area contributed by atoms with Gasteiger partial charge in [-0.05, 0) is 31.2 Å². The highest BCUT2D eigenvalue weighted by molar-refractivity contribution is 5.83. The van der Waals surface area contributed by atoms with E-state index < -0.39 is 0 Å². The summed E-state index contributed by atoms with van der Waals surface area (Å²) in [5.41, 5.74) is 2.67. The van der Waals surface area contributed by atoms with E-state index in [4.69, 9.17) is 0 Å². The van der Waals surface area contributed by atoms with Gasteiger partial charge in [-0.2, -0.15) is 0 Å². The number of aryl methyl sites for hydroxylation is 1. The van der Waals surface area contributed by atoms with Crippen LogP contribution >= 0.6 is 0 Å². The zero-order valence-electron chi connectivity index (χ0n) is 9.49. The van der Waals surface area contributed by atoms with Gasteiger partial charge in [0.05, 0.1) is 0 Å². The van der Waals surface area contributed by atoms with Crippen LogP contribution in [0.4, 0.5) is 0 Å². The molecule has 0 spiro atoms. The number of rotatable bonds is 2. The van der Waals surface area contributed by atoms with Crippen LogP contribution in [0.2, 0.25) is 0 Å². The van der Waals surface area contributed by atoms with Gasteiger partial charge in [0.2, 0.25) is 0 Å². The topological polar surface area (TPSA) is 17.1 Å². The average molecular weight is 202 g/mol. The molecule has 0 amide bonds. The minimum absolute atomic E-state index is 0.270. The Morgan fingerprint density at radius 2 is 1.93 bits per heavy atom. The van der Waals surface area contributed by atoms with Gasteiger partial charge >= 0.3 is 0 Å². The van der Waals surface area contributed by atoms with E-state index in [1.54, 1.807) is 0 Å². The summed E-state index contributed by atoms with van der Waals surface area (Å²) in [5.74, 6) is 1.29. The Hall–Kier alpha value is -1.11. The lowest BCUT2D eigenvalue weighted by Crippen LogP contribution is -2.12. The fraction of sp³-hybridized carbons (Fsp3) is 0.500. The van der Waals surface area contributed by atoms with Crippen LogP contribution in [0.15, 0.2) is 24.3 Å². The molecular formula is C14H18O. The summed E-state index contributed by atoms with van der Waals surface area (Å²) in [7, 11) is 0. The number of hydrogen-bond donors (Lipinski definition) is 0. The van der Waals surface area contributed by atoms with Crippen LogP contribution in [0.1, 0.15) is 30.9 Å². The highest BCUT2D eigenvalue weighted by Gasteiger charge is 2.30. The molecule has 1 aliphatic carbocycles. The molecule has 1 nitrogen and oxygen atoms in total. The second-order valence-electron chi connectivity index (χ2n) is 4.74. The van der Waals surface area contributed by atoms with E-state index in [0.29, 0.717) is 11.7 Å². The molecule has 1 aliphatic rings. The third kappa shape index (κ3) is 2.28. The van der Waals surface area contributed by atoms with Crippen molar-refractivity contribution in [3.8, 4) is 0 Å². The van der Waals surface area contributed by atoms with Crippen molar-refractivity contribution in [2.45, 2.75) is 33.1 Å². The van der Waals surface area contributed by atoms with E-state index >= 15 is 0 Å². The third-order valence-corrected chi connectivity index (χ3v) is 3.59. The minimum Gasteiger partial charge on any atom is -0.299 e. The van der Waals surface area contributed by atoms with Crippen molar-refractivity contribution in [1.82, 2.24) is 0 Å². The molecule has 2 rings (SSSR count). The van der Waals surface area contributed by atoms with Crippen molar-refractivity contribution in [1.29, 1.82) is 0 Å². The minimum atomic E-state index is 0.270. The summed E-state index contributed by atoms with van der Waals surface area (Å²) >= 11 is 0.